The molecule has 2 unspecified atom stereocenters. The first-order valence-electron chi connectivity index (χ1n) is 6.95. The Labute approximate surface area is 118 Å². The normalized spacial score (nSPS) is 22.2. The first kappa shape index (κ1) is 14.7. The molecule has 110 valence electrons. The Kier molecular flexibility index (Phi) is 5.24. The second-order valence-electron chi connectivity index (χ2n) is 4.97. The fourth-order valence-corrected chi connectivity index (χ4v) is 2.49. The van der Waals surface area contributed by atoms with E-state index in [4.69, 9.17) is 14.6 Å². The van der Waals surface area contributed by atoms with Crippen LogP contribution in [0.25, 0.3) is 0 Å². The van der Waals surface area contributed by atoms with Crippen molar-refractivity contribution in [1.82, 2.24) is 5.32 Å². The van der Waals surface area contributed by atoms with Crippen LogP contribution in [0.15, 0.2) is 24.3 Å². The maximum Gasteiger partial charge on any atom is 0.320 e. The molecule has 1 aliphatic rings. The largest absolute Gasteiger partial charge is 0.493 e. The summed E-state index contributed by atoms with van der Waals surface area (Å²) in [5.41, 5.74) is 0. The first-order chi connectivity index (χ1) is 9.70. The lowest BCUT2D eigenvalue weighted by Crippen LogP contribution is -2.47. The van der Waals surface area contributed by atoms with Crippen LogP contribution in [0, 0.1) is 0 Å². The lowest BCUT2D eigenvalue weighted by molar-refractivity contribution is -0.140. The van der Waals surface area contributed by atoms with Gasteiger partial charge in [0.15, 0.2) is 11.5 Å². The minimum Gasteiger partial charge on any atom is -0.493 e. The van der Waals surface area contributed by atoms with Crippen LogP contribution in [-0.4, -0.2) is 36.9 Å². The average molecular weight is 279 g/mol. The zero-order valence-corrected chi connectivity index (χ0v) is 11.7. The molecule has 2 rings (SSSR count). The highest BCUT2D eigenvalue weighted by molar-refractivity contribution is 5.73. The summed E-state index contributed by atoms with van der Waals surface area (Å²) in [4.78, 5) is 11.0. The van der Waals surface area contributed by atoms with E-state index in [2.05, 4.69) is 5.32 Å². The van der Waals surface area contributed by atoms with Gasteiger partial charge in [0.2, 0.25) is 0 Å². The smallest absolute Gasteiger partial charge is 0.320 e. The number of ether oxygens (including phenoxy) is 2. The van der Waals surface area contributed by atoms with Crippen molar-refractivity contribution in [3.63, 3.8) is 0 Å². The van der Waals surface area contributed by atoms with Crippen LogP contribution in [0.4, 0.5) is 0 Å². The van der Waals surface area contributed by atoms with Crippen molar-refractivity contribution < 1.29 is 19.4 Å². The standard InChI is InChI=1S/C15H21NO4/c1-19-13-7-2-3-8-14(13)20-10-9-11-5-4-6-12(16-11)15(17)18/h2-3,7-8,11-12,16H,4-6,9-10H2,1H3,(H,17,18). The molecule has 0 bridgehead atoms. The summed E-state index contributed by atoms with van der Waals surface area (Å²) in [5, 5.41) is 12.2. The van der Waals surface area contributed by atoms with Gasteiger partial charge in [0.25, 0.3) is 0 Å². The van der Waals surface area contributed by atoms with Crippen molar-refractivity contribution in [3.05, 3.63) is 24.3 Å². The van der Waals surface area contributed by atoms with Crippen molar-refractivity contribution in [2.75, 3.05) is 13.7 Å². The number of carbonyl (C=O) groups is 1. The van der Waals surface area contributed by atoms with Crippen LogP contribution in [0.3, 0.4) is 0 Å². The third kappa shape index (κ3) is 3.87. The molecule has 1 heterocycles. The molecule has 1 saturated heterocycles. The van der Waals surface area contributed by atoms with Crippen LogP contribution >= 0.6 is 0 Å². The summed E-state index contributed by atoms with van der Waals surface area (Å²) in [6, 6.07) is 7.31. The SMILES string of the molecule is COc1ccccc1OCCC1CCCC(C(=O)O)N1. The highest BCUT2D eigenvalue weighted by atomic mass is 16.5. The van der Waals surface area contributed by atoms with E-state index in [9.17, 15) is 4.79 Å². The molecule has 1 fully saturated rings. The van der Waals surface area contributed by atoms with Crippen LogP contribution in [0.5, 0.6) is 11.5 Å². The van der Waals surface area contributed by atoms with Gasteiger partial charge in [-0.15, -0.1) is 0 Å². The van der Waals surface area contributed by atoms with Crippen molar-refractivity contribution in [2.45, 2.75) is 37.8 Å². The Morgan fingerprint density at radius 3 is 2.80 bits per heavy atom. The minimum absolute atomic E-state index is 0.208. The third-order valence-electron chi connectivity index (χ3n) is 3.57. The van der Waals surface area contributed by atoms with Crippen molar-refractivity contribution >= 4 is 5.97 Å². The Morgan fingerprint density at radius 2 is 2.10 bits per heavy atom. The van der Waals surface area contributed by atoms with Crippen LogP contribution in [0.2, 0.25) is 0 Å². The van der Waals surface area contributed by atoms with Gasteiger partial charge in [-0.2, -0.15) is 0 Å². The number of aliphatic carboxylic acids is 1. The molecular formula is C15H21NO4. The summed E-state index contributed by atoms with van der Waals surface area (Å²) in [5.74, 6) is 0.674. The summed E-state index contributed by atoms with van der Waals surface area (Å²) in [6.45, 7) is 0.546. The molecular weight excluding hydrogens is 258 g/mol. The maximum atomic E-state index is 11.0. The molecule has 0 saturated carbocycles. The van der Waals surface area contributed by atoms with E-state index in [0.717, 1.165) is 25.0 Å². The van der Waals surface area contributed by atoms with E-state index in [1.165, 1.54) is 0 Å². The molecule has 1 aromatic carbocycles. The number of benzene rings is 1. The second kappa shape index (κ2) is 7.14. The van der Waals surface area contributed by atoms with Crippen LogP contribution in [-0.2, 0) is 4.79 Å². The summed E-state index contributed by atoms with van der Waals surface area (Å²) >= 11 is 0. The molecule has 0 aromatic heterocycles. The zero-order valence-electron chi connectivity index (χ0n) is 11.7. The molecule has 2 atom stereocenters. The van der Waals surface area contributed by atoms with E-state index < -0.39 is 12.0 Å². The van der Waals surface area contributed by atoms with E-state index in [-0.39, 0.29) is 6.04 Å². The fourth-order valence-electron chi connectivity index (χ4n) is 2.49. The lowest BCUT2D eigenvalue weighted by atomic mass is 9.97. The predicted molar refractivity (Wildman–Crippen MR) is 75.3 cm³/mol. The molecule has 1 aromatic rings. The van der Waals surface area contributed by atoms with E-state index in [1.807, 2.05) is 24.3 Å². The number of methoxy groups -OCH3 is 1. The summed E-state index contributed by atoms with van der Waals surface area (Å²) < 4.78 is 10.9. The van der Waals surface area contributed by atoms with Gasteiger partial charge >= 0.3 is 5.97 Å². The monoisotopic (exact) mass is 279 g/mol. The number of carboxylic acid groups (broad SMARTS) is 1. The van der Waals surface area contributed by atoms with Crippen molar-refractivity contribution in [1.29, 1.82) is 0 Å². The fraction of sp³-hybridized carbons (Fsp3) is 0.533. The van der Waals surface area contributed by atoms with Gasteiger partial charge in [0.05, 0.1) is 13.7 Å². The van der Waals surface area contributed by atoms with Crippen molar-refractivity contribution in [3.8, 4) is 11.5 Å². The lowest BCUT2D eigenvalue weighted by Gasteiger charge is -2.28. The molecule has 1 aliphatic heterocycles. The van der Waals surface area contributed by atoms with Gasteiger partial charge in [-0.1, -0.05) is 12.1 Å². The first-order valence-corrected chi connectivity index (χ1v) is 6.95. The Hall–Kier alpha value is -1.75. The van der Waals surface area contributed by atoms with Crippen LogP contribution < -0.4 is 14.8 Å². The Bertz CT molecular complexity index is 449. The average Bonchev–Trinajstić information content (AvgIpc) is 2.48. The van der Waals surface area contributed by atoms with Crippen molar-refractivity contribution in [2.24, 2.45) is 0 Å². The molecule has 0 amide bonds. The highest BCUT2D eigenvalue weighted by Crippen LogP contribution is 2.26. The second-order valence-corrected chi connectivity index (χ2v) is 4.97. The van der Waals surface area contributed by atoms with E-state index in [1.54, 1.807) is 7.11 Å². The Balaban J connectivity index is 1.79. The van der Waals surface area contributed by atoms with Gasteiger partial charge in [-0.25, -0.2) is 0 Å². The maximum absolute atomic E-state index is 11.0. The molecule has 0 spiro atoms. The third-order valence-corrected chi connectivity index (χ3v) is 3.57. The number of carboxylic acids is 1. The van der Waals surface area contributed by atoms with Gasteiger partial charge in [0.1, 0.15) is 6.04 Å². The molecule has 2 N–H and O–H groups in total. The number of nitrogens with one attached hydrogen (secondary N) is 1. The van der Waals surface area contributed by atoms with Gasteiger partial charge in [-0.05, 0) is 37.8 Å². The molecule has 0 aliphatic carbocycles. The minimum atomic E-state index is -0.764. The van der Waals surface area contributed by atoms with E-state index in [0.29, 0.717) is 18.8 Å². The van der Waals surface area contributed by atoms with Gasteiger partial charge < -0.3 is 19.9 Å². The molecule has 0 radical (unpaired) electrons. The van der Waals surface area contributed by atoms with E-state index >= 15 is 0 Å². The molecule has 5 heteroatoms. The molecule has 20 heavy (non-hydrogen) atoms. The summed E-state index contributed by atoms with van der Waals surface area (Å²) in [6.07, 6.45) is 3.45. The Morgan fingerprint density at radius 1 is 1.35 bits per heavy atom. The van der Waals surface area contributed by atoms with Crippen LogP contribution in [0.1, 0.15) is 25.7 Å². The van der Waals surface area contributed by atoms with Gasteiger partial charge in [0, 0.05) is 6.04 Å². The number of piperidine rings is 1. The zero-order chi connectivity index (χ0) is 14.4. The number of para-hydroxylation sites is 2. The number of rotatable bonds is 6. The van der Waals surface area contributed by atoms with Gasteiger partial charge in [-0.3, -0.25) is 4.79 Å². The highest BCUT2D eigenvalue weighted by Gasteiger charge is 2.25. The molecule has 5 nitrogen and oxygen atoms in total. The topological polar surface area (TPSA) is 67.8 Å². The predicted octanol–water partition coefficient (Wildman–Crippen LogP) is 2.06. The number of hydrogen-bond acceptors (Lipinski definition) is 4. The number of hydrogen-bond donors (Lipinski definition) is 2. The summed E-state index contributed by atoms with van der Waals surface area (Å²) in [7, 11) is 1.61. The quantitative estimate of drug-likeness (QED) is 0.834.